The molecule has 1 aliphatic carbocycles. The first-order valence-corrected chi connectivity index (χ1v) is 6.54. The van der Waals surface area contributed by atoms with Gasteiger partial charge in [-0.25, -0.2) is 4.79 Å². The predicted molar refractivity (Wildman–Crippen MR) is 68.9 cm³/mol. The van der Waals surface area contributed by atoms with Crippen LogP contribution in [0.25, 0.3) is 0 Å². The molecule has 1 N–H and O–H groups in total. The van der Waals surface area contributed by atoms with Crippen molar-refractivity contribution in [2.45, 2.75) is 24.9 Å². The number of carboxylic acids is 1. The Hall–Kier alpha value is -1.95. The van der Waals surface area contributed by atoms with Gasteiger partial charge in [0, 0.05) is 6.04 Å². The number of ether oxygens (including phenoxy) is 2. The third-order valence-electron chi connectivity index (χ3n) is 3.39. The van der Waals surface area contributed by atoms with E-state index in [1.54, 1.807) is 6.07 Å². The molecule has 3 rings (SSSR count). The van der Waals surface area contributed by atoms with Gasteiger partial charge in [-0.1, -0.05) is 11.6 Å². The largest absolute Gasteiger partial charge is 0.479 e. The minimum absolute atomic E-state index is 0.0159. The minimum Gasteiger partial charge on any atom is -0.479 e. The quantitative estimate of drug-likeness (QED) is 0.839. The standard InChI is InChI=1S/C13H12ClNO5/c14-9-3-7(4-10-12(9)20-6-19-10)11(13(17)18)15(5-16)8-1-2-8/h3-5,8,11H,1-2,6H2,(H,17,18). The summed E-state index contributed by atoms with van der Waals surface area (Å²) in [5.74, 6) is -0.289. The number of carbonyl (C=O) groups excluding carboxylic acids is 1. The number of benzene rings is 1. The maximum atomic E-state index is 11.5. The summed E-state index contributed by atoms with van der Waals surface area (Å²) in [5, 5.41) is 9.71. The van der Waals surface area contributed by atoms with E-state index in [0.29, 0.717) is 23.5 Å². The van der Waals surface area contributed by atoms with Gasteiger partial charge in [-0.15, -0.1) is 0 Å². The van der Waals surface area contributed by atoms with E-state index in [1.807, 2.05) is 0 Å². The predicted octanol–water partition coefficient (Wildman–Crippen LogP) is 1.82. The van der Waals surface area contributed by atoms with Gasteiger partial charge >= 0.3 is 5.97 Å². The molecule has 1 atom stereocenters. The molecule has 1 unspecified atom stereocenters. The molecule has 1 aromatic rings. The van der Waals surface area contributed by atoms with E-state index in [0.717, 1.165) is 12.8 Å². The van der Waals surface area contributed by atoms with Crippen LogP contribution in [0, 0.1) is 0 Å². The second kappa shape index (κ2) is 4.86. The van der Waals surface area contributed by atoms with Crippen molar-refractivity contribution in [1.29, 1.82) is 0 Å². The average Bonchev–Trinajstić information content (AvgIpc) is 3.12. The maximum Gasteiger partial charge on any atom is 0.331 e. The van der Waals surface area contributed by atoms with Crippen molar-refractivity contribution in [3.05, 3.63) is 22.7 Å². The Morgan fingerprint density at radius 3 is 2.80 bits per heavy atom. The molecule has 0 bridgehead atoms. The number of carboxylic acid groups (broad SMARTS) is 1. The molecule has 1 aromatic carbocycles. The van der Waals surface area contributed by atoms with Crippen LogP contribution in [-0.4, -0.2) is 35.2 Å². The zero-order valence-corrected chi connectivity index (χ0v) is 11.2. The van der Waals surface area contributed by atoms with Gasteiger partial charge in [-0.2, -0.15) is 0 Å². The first-order valence-electron chi connectivity index (χ1n) is 6.16. The molecule has 106 valence electrons. The maximum absolute atomic E-state index is 11.5. The van der Waals surface area contributed by atoms with Gasteiger partial charge in [0.15, 0.2) is 17.5 Å². The number of hydrogen-bond acceptors (Lipinski definition) is 4. The minimum atomic E-state index is -1.10. The Kier molecular flexibility index (Phi) is 3.17. The van der Waals surface area contributed by atoms with E-state index in [-0.39, 0.29) is 17.9 Å². The molecule has 1 aliphatic heterocycles. The van der Waals surface area contributed by atoms with Crippen molar-refractivity contribution < 1.29 is 24.2 Å². The Morgan fingerprint density at radius 2 is 2.20 bits per heavy atom. The van der Waals surface area contributed by atoms with E-state index >= 15 is 0 Å². The molecule has 0 saturated heterocycles. The summed E-state index contributed by atoms with van der Waals surface area (Å²) < 4.78 is 10.4. The van der Waals surface area contributed by atoms with Crippen LogP contribution in [0.15, 0.2) is 12.1 Å². The number of amides is 1. The number of halogens is 1. The smallest absolute Gasteiger partial charge is 0.331 e. The van der Waals surface area contributed by atoms with Gasteiger partial charge < -0.3 is 19.5 Å². The van der Waals surface area contributed by atoms with Gasteiger partial charge in [0.25, 0.3) is 0 Å². The van der Waals surface area contributed by atoms with E-state index in [4.69, 9.17) is 21.1 Å². The molecule has 1 fully saturated rings. The third kappa shape index (κ3) is 2.16. The molecule has 20 heavy (non-hydrogen) atoms. The highest BCUT2D eigenvalue weighted by atomic mass is 35.5. The Balaban J connectivity index is 2.01. The fourth-order valence-corrected chi connectivity index (χ4v) is 2.59. The van der Waals surface area contributed by atoms with Gasteiger partial charge in [0.2, 0.25) is 13.2 Å². The first kappa shape index (κ1) is 13.1. The summed E-state index contributed by atoms with van der Waals surface area (Å²) >= 11 is 6.06. The Morgan fingerprint density at radius 1 is 1.45 bits per heavy atom. The summed E-state index contributed by atoms with van der Waals surface area (Å²) in [6.45, 7) is 0.0518. The zero-order valence-electron chi connectivity index (χ0n) is 10.4. The van der Waals surface area contributed by atoms with Crippen molar-refractivity contribution in [2.24, 2.45) is 0 Å². The van der Waals surface area contributed by atoms with Crippen molar-refractivity contribution in [2.75, 3.05) is 6.79 Å². The summed E-state index contributed by atoms with van der Waals surface area (Å²) in [7, 11) is 0. The lowest BCUT2D eigenvalue weighted by molar-refractivity contribution is -0.147. The van der Waals surface area contributed by atoms with E-state index in [2.05, 4.69) is 0 Å². The Bertz CT molecular complexity index is 572. The van der Waals surface area contributed by atoms with E-state index in [1.165, 1.54) is 11.0 Å². The second-order valence-electron chi connectivity index (χ2n) is 4.76. The SMILES string of the molecule is O=CN(C1CC1)C(C(=O)O)c1cc(Cl)c2c(c1)OCO2. The van der Waals surface area contributed by atoms with Crippen molar-refractivity contribution in [3.63, 3.8) is 0 Å². The molecule has 0 radical (unpaired) electrons. The van der Waals surface area contributed by atoms with Crippen LogP contribution in [0.2, 0.25) is 5.02 Å². The average molecular weight is 298 g/mol. The molecule has 1 heterocycles. The normalized spacial score (nSPS) is 17.6. The van der Waals surface area contributed by atoms with Gasteiger partial charge in [0.05, 0.1) is 5.02 Å². The number of nitrogens with zero attached hydrogens (tertiary/aromatic N) is 1. The lowest BCUT2D eigenvalue weighted by atomic mass is 10.0. The zero-order chi connectivity index (χ0) is 14.3. The third-order valence-corrected chi connectivity index (χ3v) is 3.67. The number of carbonyl (C=O) groups is 2. The van der Waals surface area contributed by atoms with Crippen molar-refractivity contribution in [1.82, 2.24) is 4.90 Å². The topological polar surface area (TPSA) is 76.1 Å². The summed E-state index contributed by atoms with van der Waals surface area (Å²) in [5.41, 5.74) is 0.408. The van der Waals surface area contributed by atoms with Crippen molar-refractivity contribution >= 4 is 24.0 Å². The van der Waals surface area contributed by atoms with Crippen LogP contribution in [0.4, 0.5) is 0 Å². The number of aliphatic carboxylic acids is 1. The highest BCUT2D eigenvalue weighted by Crippen LogP contribution is 2.43. The number of fused-ring (bicyclic) bond motifs is 1. The van der Waals surface area contributed by atoms with Crippen LogP contribution in [0.5, 0.6) is 11.5 Å². The second-order valence-corrected chi connectivity index (χ2v) is 5.17. The molecule has 0 spiro atoms. The highest BCUT2D eigenvalue weighted by Gasteiger charge is 2.38. The molecule has 2 aliphatic rings. The molecule has 6 nitrogen and oxygen atoms in total. The summed E-state index contributed by atoms with van der Waals surface area (Å²) in [6, 6.07) is 1.99. The van der Waals surface area contributed by atoms with Gasteiger partial charge in [-0.05, 0) is 30.5 Å². The number of hydrogen-bond donors (Lipinski definition) is 1. The lowest BCUT2D eigenvalue weighted by Crippen LogP contribution is -2.34. The van der Waals surface area contributed by atoms with Crippen molar-refractivity contribution in [3.8, 4) is 11.5 Å². The molecule has 1 amide bonds. The summed E-state index contributed by atoms with van der Waals surface area (Å²) in [4.78, 5) is 24.0. The molecular formula is C13H12ClNO5. The lowest BCUT2D eigenvalue weighted by Gasteiger charge is -2.25. The fourth-order valence-electron chi connectivity index (χ4n) is 2.32. The molecule has 1 saturated carbocycles. The van der Waals surface area contributed by atoms with E-state index in [9.17, 15) is 14.7 Å². The molecule has 0 aromatic heterocycles. The highest BCUT2D eigenvalue weighted by molar-refractivity contribution is 6.32. The molecular weight excluding hydrogens is 286 g/mol. The summed E-state index contributed by atoms with van der Waals surface area (Å²) in [6.07, 6.45) is 2.22. The van der Waals surface area contributed by atoms with Crippen LogP contribution in [0.1, 0.15) is 24.4 Å². The fraction of sp³-hybridized carbons (Fsp3) is 0.385. The monoisotopic (exact) mass is 297 g/mol. The van der Waals surface area contributed by atoms with E-state index < -0.39 is 12.0 Å². The first-order chi connectivity index (χ1) is 9.61. The van der Waals surface area contributed by atoms with Crippen LogP contribution in [-0.2, 0) is 9.59 Å². The van der Waals surface area contributed by atoms with Crippen LogP contribution in [0.3, 0.4) is 0 Å². The van der Waals surface area contributed by atoms with Gasteiger partial charge in [-0.3, -0.25) is 4.79 Å². The van der Waals surface area contributed by atoms with Gasteiger partial charge in [0.1, 0.15) is 0 Å². The number of rotatable bonds is 5. The van der Waals surface area contributed by atoms with Crippen LogP contribution < -0.4 is 9.47 Å². The van der Waals surface area contributed by atoms with Crippen LogP contribution >= 0.6 is 11.6 Å². The Labute approximate surface area is 119 Å². The molecule has 7 heteroatoms.